The minimum absolute atomic E-state index is 0.0883. The van der Waals surface area contributed by atoms with Crippen molar-refractivity contribution in [2.75, 3.05) is 0 Å². The van der Waals surface area contributed by atoms with E-state index in [1.807, 2.05) is 42.5 Å². The molecule has 0 aromatic heterocycles. The van der Waals surface area contributed by atoms with Crippen LogP contribution in [-0.4, -0.2) is 11.6 Å². The van der Waals surface area contributed by atoms with Crippen molar-refractivity contribution < 1.29 is 9.59 Å². The molecule has 0 bridgehead atoms. The van der Waals surface area contributed by atoms with Crippen LogP contribution in [0.3, 0.4) is 0 Å². The molecule has 1 aliphatic rings. The van der Waals surface area contributed by atoms with E-state index in [1.54, 1.807) is 6.08 Å². The number of rotatable bonds is 3. The van der Waals surface area contributed by atoms with E-state index >= 15 is 0 Å². The Bertz CT molecular complexity index is 521. The summed E-state index contributed by atoms with van der Waals surface area (Å²) >= 11 is 0. The maximum Gasteiger partial charge on any atom is 0.147 e. The Balaban J connectivity index is 2.31. The van der Waals surface area contributed by atoms with Gasteiger partial charge in [-0.2, -0.15) is 0 Å². The van der Waals surface area contributed by atoms with E-state index in [2.05, 4.69) is 0 Å². The summed E-state index contributed by atoms with van der Waals surface area (Å²) in [5, 5.41) is 0. The maximum absolute atomic E-state index is 11.7. The van der Waals surface area contributed by atoms with Gasteiger partial charge in [0.25, 0.3) is 0 Å². The average Bonchev–Trinajstić information content (AvgIpc) is 2.39. The quantitative estimate of drug-likeness (QED) is 0.760. The number of carbonyl (C=O) groups excluding carboxylic acids is 2. The number of allylic oxidation sites excluding steroid dienone is 4. The van der Waals surface area contributed by atoms with Gasteiger partial charge in [-0.05, 0) is 31.4 Å². The summed E-state index contributed by atoms with van der Waals surface area (Å²) in [5.74, 6) is -0.177. The first-order valence-corrected chi connectivity index (χ1v) is 6.03. The van der Waals surface area contributed by atoms with Crippen LogP contribution in [-0.2, 0) is 9.59 Å². The summed E-state index contributed by atoms with van der Waals surface area (Å²) in [6, 6.07) is 9.95. The van der Waals surface area contributed by atoms with Gasteiger partial charge in [-0.15, -0.1) is 0 Å². The minimum Gasteiger partial charge on any atom is -0.299 e. The monoisotopic (exact) mass is 240 g/mol. The van der Waals surface area contributed by atoms with E-state index in [9.17, 15) is 9.59 Å². The summed E-state index contributed by atoms with van der Waals surface area (Å²) in [5.41, 5.74) is 1.22. The number of benzene rings is 1. The SMILES string of the molecule is CC(=O)C1(C(C)=O)C=CC(c2ccccc2)=CC1. The molecule has 0 saturated heterocycles. The molecule has 2 rings (SSSR count). The summed E-state index contributed by atoms with van der Waals surface area (Å²) in [6.07, 6.45) is 6.05. The van der Waals surface area contributed by atoms with Gasteiger partial charge in [-0.3, -0.25) is 9.59 Å². The van der Waals surface area contributed by atoms with E-state index in [1.165, 1.54) is 13.8 Å². The van der Waals surface area contributed by atoms with Crippen molar-refractivity contribution in [2.45, 2.75) is 20.3 Å². The van der Waals surface area contributed by atoms with E-state index in [0.29, 0.717) is 6.42 Å². The summed E-state index contributed by atoms with van der Waals surface area (Å²) in [4.78, 5) is 23.4. The molecule has 0 saturated carbocycles. The summed E-state index contributed by atoms with van der Waals surface area (Å²) < 4.78 is 0. The second-order valence-corrected chi connectivity index (χ2v) is 4.65. The van der Waals surface area contributed by atoms with Gasteiger partial charge in [0, 0.05) is 0 Å². The van der Waals surface area contributed by atoms with E-state index in [-0.39, 0.29) is 11.6 Å². The fourth-order valence-corrected chi connectivity index (χ4v) is 2.25. The molecule has 1 aromatic rings. The van der Waals surface area contributed by atoms with Gasteiger partial charge < -0.3 is 0 Å². The first kappa shape index (κ1) is 12.5. The lowest BCUT2D eigenvalue weighted by Gasteiger charge is -2.26. The Labute approximate surface area is 107 Å². The lowest BCUT2D eigenvalue weighted by molar-refractivity contribution is -0.135. The third-order valence-electron chi connectivity index (χ3n) is 3.55. The molecule has 0 N–H and O–H groups in total. The van der Waals surface area contributed by atoms with Crippen LogP contribution < -0.4 is 0 Å². The molecule has 18 heavy (non-hydrogen) atoms. The molecule has 92 valence electrons. The molecular formula is C16H16O2. The number of Topliss-reactive ketones (excluding diaryl/α,β-unsaturated/α-hetero) is 2. The van der Waals surface area contributed by atoms with Gasteiger partial charge in [0.1, 0.15) is 17.0 Å². The van der Waals surface area contributed by atoms with Crippen molar-refractivity contribution in [2.24, 2.45) is 5.41 Å². The Morgan fingerprint density at radius 1 is 1.06 bits per heavy atom. The molecule has 0 spiro atoms. The lowest BCUT2D eigenvalue weighted by Crippen LogP contribution is -2.35. The van der Waals surface area contributed by atoms with Crippen LogP contribution in [0.25, 0.3) is 5.57 Å². The van der Waals surface area contributed by atoms with Crippen LogP contribution in [0.2, 0.25) is 0 Å². The van der Waals surface area contributed by atoms with E-state index < -0.39 is 5.41 Å². The van der Waals surface area contributed by atoms with Gasteiger partial charge in [0.2, 0.25) is 0 Å². The van der Waals surface area contributed by atoms with Crippen LogP contribution in [0.4, 0.5) is 0 Å². The van der Waals surface area contributed by atoms with Crippen LogP contribution in [0.5, 0.6) is 0 Å². The molecule has 0 unspecified atom stereocenters. The molecular weight excluding hydrogens is 224 g/mol. The smallest absolute Gasteiger partial charge is 0.147 e. The molecule has 2 heteroatoms. The van der Waals surface area contributed by atoms with Crippen LogP contribution in [0.1, 0.15) is 25.8 Å². The van der Waals surface area contributed by atoms with Gasteiger partial charge in [0.15, 0.2) is 0 Å². The molecule has 2 nitrogen and oxygen atoms in total. The predicted octanol–water partition coefficient (Wildman–Crippen LogP) is 3.19. The molecule has 0 fully saturated rings. The van der Waals surface area contributed by atoms with Gasteiger partial charge in [-0.1, -0.05) is 48.6 Å². The lowest BCUT2D eigenvalue weighted by atomic mass is 9.73. The van der Waals surface area contributed by atoms with Crippen LogP contribution >= 0.6 is 0 Å². The van der Waals surface area contributed by atoms with Crippen molar-refractivity contribution in [3.8, 4) is 0 Å². The molecule has 1 aliphatic carbocycles. The standard InChI is InChI=1S/C16H16O2/c1-12(17)16(13(2)18)10-8-15(9-11-16)14-6-4-3-5-7-14/h3-10H,11H2,1-2H3. The highest BCUT2D eigenvalue weighted by atomic mass is 16.2. The maximum atomic E-state index is 11.7. The van der Waals surface area contributed by atoms with Crippen LogP contribution in [0, 0.1) is 5.41 Å². The minimum atomic E-state index is -0.946. The second-order valence-electron chi connectivity index (χ2n) is 4.65. The molecule has 0 aliphatic heterocycles. The number of carbonyl (C=O) groups is 2. The highest BCUT2D eigenvalue weighted by molar-refractivity contribution is 6.08. The van der Waals surface area contributed by atoms with Crippen molar-refractivity contribution in [1.29, 1.82) is 0 Å². The van der Waals surface area contributed by atoms with E-state index in [4.69, 9.17) is 0 Å². The van der Waals surface area contributed by atoms with Gasteiger partial charge in [0.05, 0.1) is 0 Å². The Hall–Kier alpha value is -1.96. The van der Waals surface area contributed by atoms with Gasteiger partial charge >= 0.3 is 0 Å². The van der Waals surface area contributed by atoms with E-state index in [0.717, 1.165) is 11.1 Å². The average molecular weight is 240 g/mol. The van der Waals surface area contributed by atoms with Crippen molar-refractivity contribution >= 4 is 17.1 Å². The zero-order chi connectivity index (χ0) is 13.2. The number of hydrogen-bond donors (Lipinski definition) is 0. The normalized spacial score (nSPS) is 17.1. The number of hydrogen-bond acceptors (Lipinski definition) is 2. The molecule has 0 amide bonds. The molecule has 0 radical (unpaired) electrons. The summed E-state index contributed by atoms with van der Waals surface area (Å²) in [6.45, 7) is 2.96. The second kappa shape index (κ2) is 4.73. The fourth-order valence-electron chi connectivity index (χ4n) is 2.25. The zero-order valence-electron chi connectivity index (χ0n) is 10.6. The Morgan fingerprint density at radius 2 is 1.67 bits per heavy atom. The Kier molecular flexibility index (Phi) is 3.28. The van der Waals surface area contributed by atoms with Crippen molar-refractivity contribution in [3.63, 3.8) is 0 Å². The topological polar surface area (TPSA) is 34.1 Å². The van der Waals surface area contributed by atoms with Crippen molar-refractivity contribution in [3.05, 3.63) is 54.1 Å². The highest BCUT2D eigenvalue weighted by Gasteiger charge is 2.38. The summed E-state index contributed by atoms with van der Waals surface area (Å²) in [7, 11) is 0. The molecule has 0 atom stereocenters. The van der Waals surface area contributed by atoms with Gasteiger partial charge in [-0.25, -0.2) is 0 Å². The largest absolute Gasteiger partial charge is 0.299 e. The zero-order valence-corrected chi connectivity index (χ0v) is 10.6. The Morgan fingerprint density at radius 3 is 2.11 bits per heavy atom. The first-order valence-electron chi connectivity index (χ1n) is 6.03. The predicted molar refractivity (Wildman–Crippen MR) is 72.0 cm³/mol. The third-order valence-corrected chi connectivity index (χ3v) is 3.55. The fraction of sp³-hybridized carbons (Fsp3) is 0.250. The number of ketones is 2. The molecule has 1 aromatic carbocycles. The molecule has 0 heterocycles. The third kappa shape index (κ3) is 2.06. The highest BCUT2D eigenvalue weighted by Crippen LogP contribution is 2.34. The van der Waals surface area contributed by atoms with Crippen LogP contribution in [0.15, 0.2) is 48.6 Å². The van der Waals surface area contributed by atoms with Crippen molar-refractivity contribution in [1.82, 2.24) is 0 Å². The first-order chi connectivity index (χ1) is 8.56.